The van der Waals surface area contributed by atoms with Crippen LogP contribution in [0.3, 0.4) is 0 Å². The standard InChI is InChI=1S/C38H45N3O5/c1-6-32(27-9-13-29(14-10-27)35(44)39-24-21-33(42)43)41-36(45)34(40-38(41)22-19-30(20-23-38)37(2,3)4)28-11-7-25(8-12-28)26-15-17-31(46-5)18-16-26/h7-18,30,32H,6,19-24H2,1-5H3,(H,39,44)(H,42,43). The molecule has 2 N–H and O–H groups in total. The average Bonchev–Trinajstić information content (AvgIpc) is 3.32. The van der Waals surface area contributed by atoms with E-state index in [4.69, 9.17) is 14.8 Å². The molecule has 1 heterocycles. The zero-order chi connectivity index (χ0) is 33.1. The van der Waals surface area contributed by atoms with Crippen molar-refractivity contribution in [2.75, 3.05) is 13.7 Å². The van der Waals surface area contributed by atoms with Gasteiger partial charge in [0.2, 0.25) is 0 Å². The van der Waals surface area contributed by atoms with E-state index in [0.29, 0.717) is 23.6 Å². The first-order chi connectivity index (χ1) is 22.0. The molecule has 2 amide bonds. The first-order valence-electron chi connectivity index (χ1n) is 16.2. The molecule has 0 saturated heterocycles. The van der Waals surface area contributed by atoms with Gasteiger partial charge in [-0.2, -0.15) is 0 Å². The average molecular weight is 624 g/mol. The summed E-state index contributed by atoms with van der Waals surface area (Å²) in [5.41, 5.74) is 4.38. The van der Waals surface area contributed by atoms with Gasteiger partial charge in [0.05, 0.1) is 19.6 Å². The lowest BCUT2D eigenvalue weighted by molar-refractivity contribution is -0.137. The molecule has 1 aliphatic heterocycles. The summed E-state index contributed by atoms with van der Waals surface area (Å²) in [6.07, 6.45) is 4.14. The number of carbonyl (C=O) groups is 3. The molecule has 46 heavy (non-hydrogen) atoms. The molecular formula is C38H45N3O5. The lowest BCUT2D eigenvalue weighted by Gasteiger charge is -2.47. The van der Waals surface area contributed by atoms with Crippen LogP contribution < -0.4 is 10.1 Å². The number of hydrogen-bond donors (Lipinski definition) is 2. The number of benzene rings is 3. The molecule has 8 nitrogen and oxygen atoms in total. The van der Waals surface area contributed by atoms with E-state index >= 15 is 0 Å². The number of aliphatic imine (C=N–C) groups is 1. The lowest BCUT2D eigenvalue weighted by Crippen LogP contribution is -2.51. The Morgan fingerprint density at radius 2 is 1.52 bits per heavy atom. The first kappa shape index (κ1) is 32.9. The first-order valence-corrected chi connectivity index (χ1v) is 16.2. The minimum atomic E-state index is -0.961. The summed E-state index contributed by atoms with van der Waals surface area (Å²) in [5.74, 6) is 0.0125. The number of carboxylic acid groups (broad SMARTS) is 1. The second kappa shape index (κ2) is 13.5. The van der Waals surface area contributed by atoms with Crippen LogP contribution in [-0.4, -0.2) is 52.8 Å². The molecule has 3 aromatic carbocycles. The van der Waals surface area contributed by atoms with Gasteiger partial charge >= 0.3 is 5.97 Å². The zero-order valence-electron chi connectivity index (χ0n) is 27.5. The van der Waals surface area contributed by atoms with Crippen molar-refractivity contribution < 1.29 is 24.2 Å². The highest BCUT2D eigenvalue weighted by Gasteiger charge is 2.52. The van der Waals surface area contributed by atoms with Crippen LogP contribution in [0.5, 0.6) is 5.75 Å². The van der Waals surface area contributed by atoms with Crippen molar-refractivity contribution in [2.24, 2.45) is 16.3 Å². The Balaban J connectivity index is 1.44. The largest absolute Gasteiger partial charge is 0.497 e. The summed E-state index contributed by atoms with van der Waals surface area (Å²) in [5, 5.41) is 11.5. The molecule has 1 spiro atoms. The van der Waals surface area contributed by atoms with Crippen LogP contribution >= 0.6 is 0 Å². The lowest BCUT2D eigenvalue weighted by atomic mass is 9.69. The normalized spacial score (nSPS) is 20.4. The Hall–Kier alpha value is -4.46. The quantitative estimate of drug-likeness (QED) is 0.247. The molecule has 1 atom stereocenters. The second-order valence-electron chi connectivity index (χ2n) is 13.5. The van der Waals surface area contributed by atoms with Crippen LogP contribution in [0.4, 0.5) is 0 Å². The summed E-state index contributed by atoms with van der Waals surface area (Å²) in [4.78, 5) is 45.2. The molecule has 8 heteroatoms. The third-order valence-electron chi connectivity index (χ3n) is 9.66. The Kier molecular flexibility index (Phi) is 9.66. The van der Waals surface area contributed by atoms with Crippen molar-refractivity contribution >= 4 is 23.5 Å². The number of carbonyl (C=O) groups excluding carboxylic acids is 2. The van der Waals surface area contributed by atoms with E-state index in [1.165, 1.54) is 0 Å². The molecule has 1 saturated carbocycles. The van der Waals surface area contributed by atoms with E-state index in [1.54, 1.807) is 19.2 Å². The smallest absolute Gasteiger partial charge is 0.305 e. The number of amides is 2. The van der Waals surface area contributed by atoms with Gasteiger partial charge < -0.3 is 20.1 Å². The number of methoxy groups -OCH3 is 1. The second-order valence-corrected chi connectivity index (χ2v) is 13.5. The van der Waals surface area contributed by atoms with Crippen molar-refractivity contribution in [3.8, 4) is 16.9 Å². The van der Waals surface area contributed by atoms with Gasteiger partial charge in [-0.1, -0.05) is 76.2 Å². The van der Waals surface area contributed by atoms with Crippen LogP contribution in [0.15, 0.2) is 77.8 Å². The Labute approximate surface area is 271 Å². The van der Waals surface area contributed by atoms with Crippen molar-refractivity contribution in [3.05, 3.63) is 89.5 Å². The van der Waals surface area contributed by atoms with Crippen LogP contribution in [0.25, 0.3) is 11.1 Å². The third-order valence-corrected chi connectivity index (χ3v) is 9.66. The van der Waals surface area contributed by atoms with Crippen molar-refractivity contribution in [1.82, 2.24) is 10.2 Å². The maximum atomic E-state index is 14.5. The molecule has 2 aliphatic rings. The van der Waals surface area contributed by atoms with E-state index in [1.807, 2.05) is 65.6 Å². The SMILES string of the molecule is CCC(c1ccc(C(=O)NCCC(=O)O)cc1)N1C(=O)C(c2ccc(-c3ccc(OC)cc3)cc2)=NC12CCC(C(C)(C)C)CC2. The number of nitrogens with zero attached hydrogens (tertiary/aromatic N) is 2. The fraction of sp³-hybridized carbons (Fsp3) is 0.421. The fourth-order valence-corrected chi connectivity index (χ4v) is 6.94. The minimum absolute atomic E-state index is 0.0613. The van der Waals surface area contributed by atoms with Gasteiger partial charge in [0.15, 0.2) is 0 Å². The maximum absolute atomic E-state index is 14.5. The number of carboxylic acids is 1. The number of ether oxygens (including phenoxy) is 1. The molecule has 0 aromatic heterocycles. The highest BCUT2D eigenvalue weighted by Crippen LogP contribution is 2.49. The molecular weight excluding hydrogens is 578 g/mol. The van der Waals surface area contributed by atoms with Crippen LogP contribution in [0, 0.1) is 11.3 Å². The van der Waals surface area contributed by atoms with Crippen LogP contribution in [0.2, 0.25) is 0 Å². The monoisotopic (exact) mass is 623 g/mol. The van der Waals surface area contributed by atoms with Gasteiger partial charge in [0.25, 0.3) is 11.8 Å². The maximum Gasteiger partial charge on any atom is 0.305 e. The van der Waals surface area contributed by atoms with Crippen LogP contribution in [-0.2, 0) is 9.59 Å². The van der Waals surface area contributed by atoms with Gasteiger partial charge in [-0.3, -0.25) is 19.4 Å². The molecule has 242 valence electrons. The summed E-state index contributed by atoms with van der Waals surface area (Å²) in [6, 6.07) is 23.1. The van der Waals surface area contributed by atoms with Gasteiger partial charge in [-0.05, 0) is 84.4 Å². The van der Waals surface area contributed by atoms with Crippen molar-refractivity contribution in [1.29, 1.82) is 0 Å². The number of hydrogen-bond acceptors (Lipinski definition) is 5. The van der Waals surface area contributed by atoms with Gasteiger partial charge in [0, 0.05) is 17.7 Å². The van der Waals surface area contributed by atoms with Crippen LogP contribution in [0.1, 0.15) is 93.7 Å². The zero-order valence-corrected chi connectivity index (χ0v) is 27.5. The number of aliphatic carboxylic acids is 1. The van der Waals surface area contributed by atoms with E-state index < -0.39 is 11.6 Å². The number of nitrogens with one attached hydrogen (secondary N) is 1. The predicted octanol–water partition coefficient (Wildman–Crippen LogP) is 7.28. The molecule has 3 aromatic rings. The highest BCUT2D eigenvalue weighted by molar-refractivity contribution is 6.46. The summed E-state index contributed by atoms with van der Waals surface area (Å²) >= 11 is 0. The van der Waals surface area contributed by atoms with E-state index in [2.05, 4.69) is 33.0 Å². The molecule has 0 bridgehead atoms. The molecule has 0 radical (unpaired) electrons. The molecule has 5 rings (SSSR count). The Morgan fingerprint density at radius 3 is 2.04 bits per heavy atom. The van der Waals surface area contributed by atoms with Gasteiger partial charge in [-0.15, -0.1) is 0 Å². The van der Waals surface area contributed by atoms with E-state index in [0.717, 1.165) is 53.7 Å². The molecule has 1 unspecified atom stereocenters. The topological polar surface area (TPSA) is 108 Å². The summed E-state index contributed by atoms with van der Waals surface area (Å²) in [6.45, 7) is 9.03. The Morgan fingerprint density at radius 1 is 0.957 bits per heavy atom. The molecule has 1 fully saturated rings. The summed E-state index contributed by atoms with van der Waals surface area (Å²) in [7, 11) is 1.65. The van der Waals surface area contributed by atoms with Gasteiger partial charge in [-0.25, -0.2) is 0 Å². The third kappa shape index (κ3) is 6.86. The van der Waals surface area contributed by atoms with E-state index in [9.17, 15) is 14.4 Å². The van der Waals surface area contributed by atoms with Crippen molar-refractivity contribution in [2.45, 2.75) is 77.9 Å². The fourth-order valence-electron chi connectivity index (χ4n) is 6.94. The number of rotatable bonds is 10. The van der Waals surface area contributed by atoms with Gasteiger partial charge in [0.1, 0.15) is 17.1 Å². The molecule has 1 aliphatic carbocycles. The van der Waals surface area contributed by atoms with Crippen molar-refractivity contribution in [3.63, 3.8) is 0 Å². The highest BCUT2D eigenvalue weighted by atomic mass is 16.5. The van der Waals surface area contributed by atoms with E-state index in [-0.39, 0.29) is 36.2 Å². The predicted molar refractivity (Wildman–Crippen MR) is 180 cm³/mol. The minimum Gasteiger partial charge on any atom is -0.497 e. The Bertz CT molecular complexity index is 1580. The summed E-state index contributed by atoms with van der Waals surface area (Å²) < 4.78 is 5.30.